The number of carbonyl (C=O) groups excluding carboxylic acids is 5. The number of hydrogen-bond donors (Lipinski definition) is 3. The predicted molar refractivity (Wildman–Crippen MR) is 203 cm³/mol. The van der Waals surface area contributed by atoms with Gasteiger partial charge in [-0.3, -0.25) is 29.0 Å². The molecule has 0 aliphatic carbocycles. The largest absolute Gasteiger partial charge is 1.00 e. The van der Waals surface area contributed by atoms with Crippen molar-refractivity contribution < 1.29 is 68.5 Å². The summed E-state index contributed by atoms with van der Waals surface area (Å²) < 4.78 is 3.93. The molecule has 3 N–H and O–H groups in total. The molecule has 4 aromatic rings. The summed E-state index contributed by atoms with van der Waals surface area (Å²) in [5.41, 5.74) is 1.08. The number of aromatic nitrogens is 12. The number of nitrogens with zero attached hydrogens (tertiary/aromatic N) is 14. The van der Waals surface area contributed by atoms with Gasteiger partial charge in [-0.15, -0.1) is 54.1 Å². The molecule has 4 amide bonds. The summed E-state index contributed by atoms with van der Waals surface area (Å²) in [6.07, 6.45) is 2.57. The zero-order chi connectivity index (χ0) is 41.1. The van der Waals surface area contributed by atoms with E-state index in [1.807, 2.05) is 13.8 Å². The Labute approximate surface area is 378 Å². The molecule has 304 valence electrons. The van der Waals surface area contributed by atoms with Crippen molar-refractivity contribution in [3.8, 4) is 0 Å². The van der Waals surface area contributed by atoms with Gasteiger partial charge < -0.3 is 25.6 Å². The van der Waals surface area contributed by atoms with Crippen molar-refractivity contribution in [2.45, 2.75) is 58.4 Å². The number of hydrogen-bond acceptors (Lipinski definition) is 23. The van der Waals surface area contributed by atoms with Gasteiger partial charge in [0, 0.05) is 23.0 Å². The Bertz CT molecular complexity index is 2150. The zero-order valence-electron chi connectivity index (χ0n) is 30.7. The molecule has 0 spiro atoms. The van der Waals surface area contributed by atoms with Crippen LogP contribution < -0.4 is 45.3 Å². The van der Waals surface area contributed by atoms with Crippen LogP contribution in [0.5, 0.6) is 0 Å². The Morgan fingerprint density at radius 3 is 1.58 bits per heavy atom. The van der Waals surface area contributed by atoms with Gasteiger partial charge in [0.2, 0.25) is 11.8 Å². The number of aryl methyl sites for hydroxylation is 2. The Hall–Kier alpha value is -4.04. The summed E-state index contributed by atoms with van der Waals surface area (Å²) >= 11 is 8.41. The van der Waals surface area contributed by atoms with Crippen LogP contribution in [0, 0.1) is 13.8 Å². The van der Waals surface area contributed by atoms with Crippen molar-refractivity contribution in [1.29, 1.82) is 0 Å². The molecule has 0 saturated carbocycles. The van der Waals surface area contributed by atoms with Crippen molar-refractivity contribution in [3.05, 3.63) is 45.2 Å². The molecule has 0 unspecified atom stereocenters. The third-order valence-electron chi connectivity index (χ3n) is 8.27. The van der Waals surface area contributed by atoms with Crippen LogP contribution in [0.1, 0.15) is 10.0 Å². The Balaban J connectivity index is 0.000000195. The molecule has 0 radical (unpaired) electrons. The third-order valence-corrected chi connectivity index (χ3v) is 15.1. The fraction of sp³-hybridized carbons (Fsp3) is 0.429. The molecule has 4 atom stereocenters. The molecule has 31 heteroatoms. The molecule has 4 aliphatic rings. The fourth-order valence-electron chi connectivity index (χ4n) is 5.79. The van der Waals surface area contributed by atoms with Crippen LogP contribution in [0.15, 0.2) is 43.9 Å². The van der Waals surface area contributed by atoms with Gasteiger partial charge in [-0.25, -0.2) is 14.2 Å². The first-order chi connectivity index (χ1) is 27.9. The smallest absolute Gasteiger partial charge is 0.543 e. The van der Waals surface area contributed by atoms with E-state index in [9.17, 15) is 39.0 Å². The summed E-state index contributed by atoms with van der Waals surface area (Å²) in [5, 5.41) is 64.2. The van der Waals surface area contributed by atoms with Crippen molar-refractivity contribution in [3.63, 3.8) is 0 Å². The summed E-state index contributed by atoms with van der Waals surface area (Å²) in [6, 6.07) is -1.59. The number of carboxylic acids is 2. The van der Waals surface area contributed by atoms with E-state index in [0.717, 1.165) is 18.7 Å². The Morgan fingerprint density at radius 1 is 0.763 bits per heavy atom. The van der Waals surface area contributed by atoms with Gasteiger partial charge in [0.05, 0.1) is 11.7 Å². The molecule has 8 rings (SSSR count). The first-order valence-corrected chi connectivity index (χ1v) is 22.2. The van der Waals surface area contributed by atoms with Crippen LogP contribution in [0.3, 0.4) is 0 Å². The second-order valence-electron chi connectivity index (χ2n) is 12.2. The summed E-state index contributed by atoms with van der Waals surface area (Å²) in [5.74, 6) is -2.76. The van der Waals surface area contributed by atoms with Crippen molar-refractivity contribution in [2.75, 3.05) is 23.0 Å². The minimum atomic E-state index is -1.41. The van der Waals surface area contributed by atoms with Crippen LogP contribution in [0.25, 0.3) is 0 Å². The number of tetrazole rings is 2. The molecule has 2 fully saturated rings. The Morgan fingerprint density at radius 2 is 1.20 bits per heavy atom. The fourth-order valence-corrected chi connectivity index (χ4v) is 12.4. The van der Waals surface area contributed by atoms with E-state index in [-0.39, 0.29) is 54.0 Å². The standard InChI is InChI=1S/2C14H14N8O4S3.Na/c2*1-6-17-18-14(29-6)28-4-7-3-27-12-9(11(24)22(12)10(7)13(25)26)16-8(23)2-21-5-15-19-20-21;/h2*5,9,12H,2-4H2,1H3,(H,16,23)(H,25,26);/q;;+1/p-1/t2*9-,12-;/m11./s1. The number of carbonyl (C=O) groups is 6. The minimum Gasteiger partial charge on any atom is -0.543 e. The van der Waals surface area contributed by atoms with Gasteiger partial charge >= 0.3 is 35.5 Å². The number of rotatable bonds is 14. The van der Waals surface area contributed by atoms with Gasteiger partial charge in [-0.05, 0) is 45.8 Å². The summed E-state index contributed by atoms with van der Waals surface area (Å²) in [4.78, 5) is 75.4. The molecule has 0 bridgehead atoms. The predicted octanol–water partition coefficient (Wildman–Crippen LogP) is -5.60. The van der Waals surface area contributed by atoms with E-state index in [1.54, 1.807) is 0 Å². The van der Waals surface area contributed by atoms with E-state index < -0.39 is 58.4 Å². The quantitative estimate of drug-likeness (QED) is 0.0603. The van der Waals surface area contributed by atoms with Crippen LogP contribution in [0.2, 0.25) is 0 Å². The monoisotopic (exact) mass is 930 g/mol. The number of aliphatic carboxylic acids is 2. The zero-order valence-corrected chi connectivity index (χ0v) is 37.6. The van der Waals surface area contributed by atoms with Crippen molar-refractivity contribution in [1.82, 2.24) is 81.2 Å². The SMILES string of the molecule is Cc1nnc(SCC2=C(C(=O)O)N3C(=O)[C@@H](NC(=O)Cn4cnnn4)[C@H]3SC2)s1.Cc1nnc(SCC2=C(C(=O)[O-])N3C(=O)[C@@H](NC(=O)Cn4cnnn4)[C@H]3SC2)s1.[Na+]. The van der Waals surface area contributed by atoms with Gasteiger partial charge in [0.1, 0.15) is 64.3 Å². The molecule has 8 heterocycles. The van der Waals surface area contributed by atoms with Crippen LogP contribution in [-0.4, -0.2) is 157 Å². The number of thioether (sulfide) groups is 4. The molecular formula is C28H27N16NaO8S6. The number of β-lactam (4-membered cyclic amide) rings is 2. The Kier molecular flexibility index (Phi) is 14.8. The molecule has 59 heavy (non-hydrogen) atoms. The molecule has 24 nitrogen and oxygen atoms in total. The maximum atomic E-state index is 12.6. The molecule has 0 aromatic carbocycles. The van der Waals surface area contributed by atoms with Crippen LogP contribution in [0.4, 0.5) is 0 Å². The number of nitrogens with one attached hydrogen (secondary N) is 2. The van der Waals surface area contributed by atoms with Gasteiger partial charge in [-0.2, -0.15) is 0 Å². The molecule has 2 saturated heterocycles. The maximum Gasteiger partial charge on any atom is 1.00 e. The molecular weight excluding hydrogens is 904 g/mol. The maximum absolute atomic E-state index is 12.6. The second kappa shape index (κ2) is 19.6. The minimum absolute atomic E-state index is 0. The number of fused-ring (bicyclic) bond motifs is 2. The van der Waals surface area contributed by atoms with E-state index in [1.165, 1.54) is 102 Å². The summed E-state index contributed by atoms with van der Waals surface area (Å²) in [7, 11) is 0. The normalized spacial score (nSPS) is 20.6. The van der Waals surface area contributed by atoms with Gasteiger partial charge in [-0.1, -0.05) is 46.2 Å². The molecule has 4 aromatic heterocycles. The van der Waals surface area contributed by atoms with Gasteiger partial charge in [0.25, 0.3) is 11.8 Å². The number of amides is 4. The average Bonchev–Trinajstić information content (AvgIpc) is 4.04. The summed E-state index contributed by atoms with van der Waals surface area (Å²) in [6.45, 7) is 3.41. The second-order valence-corrected chi connectivity index (χ2v) is 19.2. The van der Waals surface area contributed by atoms with E-state index >= 15 is 0 Å². The van der Waals surface area contributed by atoms with E-state index in [0.29, 0.717) is 34.2 Å². The van der Waals surface area contributed by atoms with Crippen LogP contribution >= 0.6 is 69.7 Å². The van der Waals surface area contributed by atoms with E-state index in [2.05, 4.69) is 62.1 Å². The number of carboxylic acid groups (broad SMARTS) is 2. The topological polar surface area (TPSA) is 315 Å². The van der Waals surface area contributed by atoms with E-state index in [4.69, 9.17) is 0 Å². The first kappa shape index (κ1) is 44.5. The van der Waals surface area contributed by atoms with Crippen molar-refractivity contribution in [2.24, 2.45) is 0 Å². The van der Waals surface area contributed by atoms with Gasteiger partial charge in [0.15, 0.2) is 8.68 Å². The van der Waals surface area contributed by atoms with Crippen LogP contribution in [-0.2, 0) is 41.9 Å². The third kappa shape index (κ3) is 10.1. The average molecular weight is 931 g/mol. The molecule has 4 aliphatic heterocycles. The first-order valence-electron chi connectivity index (χ1n) is 16.5. The van der Waals surface area contributed by atoms with Crippen molar-refractivity contribution >= 4 is 105 Å².